The summed E-state index contributed by atoms with van der Waals surface area (Å²) < 4.78 is 11.4. The summed E-state index contributed by atoms with van der Waals surface area (Å²) in [6, 6.07) is 11.3. The van der Waals surface area contributed by atoms with Gasteiger partial charge in [0.2, 0.25) is 11.0 Å². The van der Waals surface area contributed by atoms with E-state index in [9.17, 15) is 4.79 Å². The smallest absolute Gasteiger partial charge is 0.247 e. The number of hydrogen-bond donors (Lipinski definition) is 2. The van der Waals surface area contributed by atoms with Crippen molar-refractivity contribution in [1.29, 1.82) is 0 Å². The van der Waals surface area contributed by atoms with Gasteiger partial charge in [0, 0.05) is 0 Å². The lowest BCUT2D eigenvalue weighted by Gasteiger charge is -2.19. The van der Waals surface area contributed by atoms with Gasteiger partial charge in [-0.3, -0.25) is 4.79 Å². The molecule has 3 aromatic rings. The number of aromatic nitrogens is 2. The number of rotatable bonds is 9. The number of nitrogen functional groups attached to an aromatic ring is 1. The summed E-state index contributed by atoms with van der Waals surface area (Å²) in [5, 5.41) is 12.8. The third-order valence-electron chi connectivity index (χ3n) is 4.54. The first kappa shape index (κ1) is 25.7. The minimum absolute atomic E-state index is 0.0311. The third kappa shape index (κ3) is 7.58. The highest BCUT2D eigenvalue weighted by Crippen LogP contribution is 2.34. The van der Waals surface area contributed by atoms with Gasteiger partial charge in [0.25, 0.3) is 0 Å². The number of amides is 1. The maximum Gasteiger partial charge on any atom is 0.247 e. The van der Waals surface area contributed by atoms with Gasteiger partial charge in [0.05, 0.1) is 22.7 Å². The standard InChI is InChI=1S/C23H25Cl2N5O3S/c1-23(2,3)15-4-6-16(7-5-15)32-8-9-33-21-17(24)10-14(11-18(21)25)13-27-28-19(31)12-20-29-30-22(26)34-20/h4-7,10-11,13H,8-9,12H2,1-3H3,(H2,26,30)(H,28,31)/b27-13-. The Bertz CT molecular complexity index is 1140. The zero-order valence-corrected chi connectivity index (χ0v) is 21.3. The van der Waals surface area contributed by atoms with E-state index in [1.807, 2.05) is 12.1 Å². The van der Waals surface area contributed by atoms with Gasteiger partial charge in [-0.05, 0) is 40.8 Å². The van der Waals surface area contributed by atoms with Crippen molar-refractivity contribution in [2.75, 3.05) is 18.9 Å². The molecule has 0 unspecified atom stereocenters. The molecule has 0 atom stereocenters. The van der Waals surface area contributed by atoms with Crippen molar-refractivity contribution in [3.05, 3.63) is 62.6 Å². The molecule has 0 bridgehead atoms. The van der Waals surface area contributed by atoms with E-state index in [1.54, 1.807) is 12.1 Å². The normalized spacial score (nSPS) is 11.6. The fraction of sp³-hybridized carbons (Fsp3) is 0.304. The molecule has 34 heavy (non-hydrogen) atoms. The van der Waals surface area contributed by atoms with Crippen molar-refractivity contribution in [3.8, 4) is 11.5 Å². The average Bonchev–Trinajstić information content (AvgIpc) is 3.16. The van der Waals surface area contributed by atoms with Crippen LogP contribution in [0.3, 0.4) is 0 Å². The topological polar surface area (TPSA) is 112 Å². The molecule has 0 aliphatic carbocycles. The van der Waals surface area contributed by atoms with Crippen LogP contribution in [0.1, 0.15) is 36.9 Å². The monoisotopic (exact) mass is 521 g/mol. The maximum atomic E-state index is 11.9. The zero-order valence-electron chi connectivity index (χ0n) is 19.0. The first-order valence-electron chi connectivity index (χ1n) is 10.4. The quantitative estimate of drug-likeness (QED) is 0.236. The van der Waals surface area contributed by atoms with E-state index in [-0.39, 0.29) is 24.3 Å². The van der Waals surface area contributed by atoms with Crippen molar-refractivity contribution in [2.45, 2.75) is 32.6 Å². The summed E-state index contributed by atoms with van der Waals surface area (Å²) >= 11 is 13.8. The Hall–Kier alpha value is -2.88. The Morgan fingerprint density at radius 1 is 1.12 bits per heavy atom. The zero-order chi connectivity index (χ0) is 24.7. The lowest BCUT2D eigenvalue weighted by atomic mass is 9.87. The van der Waals surface area contributed by atoms with Crippen molar-refractivity contribution in [2.24, 2.45) is 5.10 Å². The molecule has 0 radical (unpaired) electrons. The van der Waals surface area contributed by atoms with Crippen LogP contribution in [0.25, 0.3) is 0 Å². The molecule has 1 amide bonds. The van der Waals surface area contributed by atoms with E-state index in [0.29, 0.717) is 38.1 Å². The number of benzene rings is 2. The Kier molecular flexibility index (Phi) is 8.71. The number of hydrazone groups is 1. The van der Waals surface area contributed by atoms with E-state index < -0.39 is 0 Å². The molecular formula is C23H25Cl2N5O3S. The molecule has 0 aliphatic heterocycles. The Balaban J connectivity index is 1.48. The minimum atomic E-state index is -0.349. The van der Waals surface area contributed by atoms with Crippen LogP contribution in [0.2, 0.25) is 10.0 Å². The van der Waals surface area contributed by atoms with Crippen LogP contribution in [0.4, 0.5) is 5.13 Å². The summed E-state index contributed by atoms with van der Waals surface area (Å²) in [4.78, 5) is 11.9. The number of ether oxygens (including phenoxy) is 2. The van der Waals surface area contributed by atoms with Gasteiger partial charge in [-0.1, -0.05) is 67.4 Å². The summed E-state index contributed by atoms with van der Waals surface area (Å²) in [7, 11) is 0. The highest BCUT2D eigenvalue weighted by Gasteiger charge is 2.13. The molecule has 8 nitrogen and oxygen atoms in total. The molecule has 0 saturated carbocycles. The molecule has 1 heterocycles. The molecule has 1 aromatic heterocycles. The van der Waals surface area contributed by atoms with Crippen molar-refractivity contribution in [1.82, 2.24) is 15.6 Å². The first-order valence-corrected chi connectivity index (χ1v) is 11.9. The predicted octanol–water partition coefficient (Wildman–Crippen LogP) is 4.88. The van der Waals surface area contributed by atoms with Gasteiger partial charge < -0.3 is 15.2 Å². The van der Waals surface area contributed by atoms with E-state index in [2.05, 4.69) is 53.6 Å². The highest BCUT2D eigenvalue weighted by atomic mass is 35.5. The molecule has 3 rings (SSSR count). The number of nitrogens with two attached hydrogens (primary N) is 1. The van der Waals surface area contributed by atoms with Crippen LogP contribution in [-0.2, 0) is 16.6 Å². The van der Waals surface area contributed by atoms with Gasteiger partial charge in [0.15, 0.2) is 5.75 Å². The van der Waals surface area contributed by atoms with Gasteiger partial charge in [-0.15, -0.1) is 10.2 Å². The lowest BCUT2D eigenvalue weighted by molar-refractivity contribution is -0.120. The number of nitrogens with one attached hydrogen (secondary N) is 1. The second-order valence-corrected chi connectivity index (χ2v) is 10.2. The van der Waals surface area contributed by atoms with Crippen LogP contribution in [0.5, 0.6) is 11.5 Å². The summed E-state index contributed by atoms with van der Waals surface area (Å²) in [6.07, 6.45) is 1.46. The van der Waals surface area contributed by atoms with Gasteiger partial charge in [0.1, 0.15) is 24.0 Å². The number of carbonyl (C=O) groups is 1. The van der Waals surface area contributed by atoms with E-state index in [1.165, 1.54) is 11.8 Å². The number of anilines is 1. The van der Waals surface area contributed by atoms with Gasteiger partial charge >= 0.3 is 0 Å². The Morgan fingerprint density at radius 2 is 1.76 bits per heavy atom. The number of halogens is 2. The molecule has 0 spiro atoms. The highest BCUT2D eigenvalue weighted by molar-refractivity contribution is 7.15. The minimum Gasteiger partial charge on any atom is -0.490 e. The number of carbonyl (C=O) groups excluding carboxylic acids is 1. The van der Waals surface area contributed by atoms with Crippen molar-refractivity contribution >= 4 is 51.8 Å². The second-order valence-electron chi connectivity index (χ2n) is 8.29. The largest absolute Gasteiger partial charge is 0.490 e. The van der Waals surface area contributed by atoms with Gasteiger partial charge in [-0.25, -0.2) is 5.43 Å². The molecule has 180 valence electrons. The molecular weight excluding hydrogens is 497 g/mol. The molecule has 3 N–H and O–H groups in total. The van der Waals surface area contributed by atoms with E-state index in [0.717, 1.165) is 17.1 Å². The number of hydrogen-bond acceptors (Lipinski definition) is 8. The Morgan fingerprint density at radius 3 is 2.35 bits per heavy atom. The first-order chi connectivity index (χ1) is 16.1. The van der Waals surface area contributed by atoms with Crippen LogP contribution >= 0.6 is 34.5 Å². The fourth-order valence-corrected chi connectivity index (χ4v) is 4.06. The summed E-state index contributed by atoms with van der Waals surface area (Å²) in [5.41, 5.74) is 9.82. The van der Waals surface area contributed by atoms with Crippen molar-refractivity contribution < 1.29 is 14.3 Å². The SMILES string of the molecule is CC(C)(C)c1ccc(OCCOc2c(Cl)cc(/C=N\NC(=O)Cc3nnc(N)s3)cc2Cl)cc1. The predicted molar refractivity (Wildman–Crippen MR) is 136 cm³/mol. The second kappa shape index (κ2) is 11.5. The maximum absolute atomic E-state index is 11.9. The number of nitrogens with zero attached hydrogens (tertiary/aromatic N) is 3. The van der Waals surface area contributed by atoms with Crippen LogP contribution in [-0.4, -0.2) is 35.5 Å². The Labute approximate surface area is 212 Å². The summed E-state index contributed by atoms with van der Waals surface area (Å²) in [6.45, 7) is 7.08. The molecule has 0 fully saturated rings. The van der Waals surface area contributed by atoms with E-state index >= 15 is 0 Å². The summed E-state index contributed by atoms with van der Waals surface area (Å²) in [5.74, 6) is 0.764. The van der Waals surface area contributed by atoms with Gasteiger partial charge in [-0.2, -0.15) is 5.10 Å². The molecule has 0 saturated heterocycles. The molecule has 11 heteroatoms. The van der Waals surface area contributed by atoms with Crippen LogP contribution < -0.4 is 20.6 Å². The van der Waals surface area contributed by atoms with Crippen LogP contribution in [0, 0.1) is 0 Å². The third-order valence-corrected chi connectivity index (χ3v) is 5.85. The fourth-order valence-electron chi connectivity index (χ4n) is 2.84. The van der Waals surface area contributed by atoms with E-state index in [4.69, 9.17) is 38.4 Å². The average molecular weight is 522 g/mol. The molecule has 0 aliphatic rings. The lowest BCUT2D eigenvalue weighted by Crippen LogP contribution is -2.19. The molecule has 2 aromatic carbocycles. The van der Waals surface area contributed by atoms with Crippen molar-refractivity contribution in [3.63, 3.8) is 0 Å². The van der Waals surface area contributed by atoms with Crippen LogP contribution in [0.15, 0.2) is 41.5 Å².